The Labute approximate surface area is 121 Å². The lowest BCUT2D eigenvalue weighted by molar-refractivity contribution is 0.288. The number of hydrogen-bond donors (Lipinski definition) is 0. The van der Waals surface area contributed by atoms with Crippen LogP contribution in [0.3, 0.4) is 0 Å². The molecule has 1 aromatic rings. The van der Waals surface area contributed by atoms with Crippen molar-refractivity contribution in [2.45, 2.75) is 24.7 Å². The third-order valence-corrected chi connectivity index (χ3v) is 5.89. The van der Waals surface area contributed by atoms with E-state index < -0.39 is 10.0 Å². The van der Waals surface area contributed by atoms with Crippen molar-refractivity contribution in [3.8, 4) is 0 Å². The van der Waals surface area contributed by atoms with E-state index in [4.69, 9.17) is 11.6 Å². The molecule has 0 saturated carbocycles. The molecular weight excluding hydrogens is 340 g/mol. The third-order valence-electron chi connectivity index (χ3n) is 3.13. The van der Waals surface area contributed by atoms with Crippen LogP contribution >= 0.6 is 27.5 Å². The van der Waals surface area contributed by atoms with Crippen molar-refractivity contribution < 1.29 is 8.42 Å². The van der Waals surface area contributed by atoms with Crippen molar-refractivity contribution in [2.75, 3.05) is 13.1 Å². The summed E-state index contributed by atoms with van der Waals surface area (Å²) in [5.41, 5.74) is 0. The van der Waals surface area contributed by atoms with Gasteiger partial charge in [0.05, 0.1) is 0 Å². The van der Waals surface area contributed by atoms with Crippen LogP contribution in [-0.2, 0) is 10.0 Å². The Morgan fingerprint density at radius 2 is 2.06 bits per heavy atom. The van der Waals surface area contributed by atoms with Crippen molar-refractivity contribution >= 4 is 37.6 Å². The van der Waals surface area contributed by atoms with Gasteiger partial charge in [-0.15, -0.1) is 0 Å². The minimum absolute atomic E-state index is 0.0248. The maximum Gasteiger partial charge on any atom is 0.246 e. The smallest absolute Gasteiger partial charge is 0.242 e. The summed E-state index contributed by atoms with van der Waals surface area (Å²) in [6, 6.07) is 1.50. The molecule has 0 bridgehead atoms. The van der Waals surface area contributed by atoms with E-state index in [0.717, 1.165) is 12.8 Å². The highest BCUT2D eigenvalue weighted by Crippen LogP contribution is 2.28. The summed E-state index contributed by atoms with van der Waals surface area (Å²) >= 11 is 9.11. The van der Waals surface area contributed by atoms with E-state index in [-0.39, 0.29) is 10.0 Å². The highest BCUT2D eigenvalue weighted by atomic mass is 79.9. The summed E-state index contributed by atoms with van der Waals surface area (Å²) in [6.45, 7) is 3.23. The SMILES string of the molecule is CC1CCN(S(=O)(=O)c2cc(Br)cnc2Cl)CC1. The lowest BCUT2D eigenvalue weighted by Gasteiger charge is -2.29. The van der Waals surface area contributed by atoms with E-state index in [1.807, 2.05) is 0 Å². The van der Waals surface area contributed by atoms with E-state index in [0.29, 0.717) is 23.5 Å². The molecule has 0 atom stereocenters. The number of hydrogen-bond acceptors (Lipinski definition) is 3. The Kier molecular flexibility index (Phi) is 4.31. The second-order valence-corrected chi connectivity index (χ2v) is 7.71. The first-order valence-electron chi connectivity index (χ1n) is 5.72. The van der Waals surface area contributed by atoms with Gasteiger partial charge in [-0.25, -0.2) is 13.4 Å². The van der Waals surface area contributed by atoms with Crippen molar-refractivity contribution in [3.63, 3.8) is 0 Å². The number of pyridine rings is 1. The normalized spacial score (nSPS) is 19.1. The van der Waals surface area contributed by atoms with Crippen LogP contribution in [0.2, 0.25) is 5.15 Å². The summed E-state index contributed by atoms with van der Waals surface area (Å²) in [4.78, 5) is 3.94. The standard InChI is InChI=1S/C11H14BrClN2O2S/c1-8-2-4-15(5-3-8)18(16,17)10-6-9(12)7-14-11(10)13/h6-8H,2-5H2,1H3. The first kappa shape index (κ1) is 14.2. The molecule has 0 amide bonds. The van der Waals surface area contributed by atoms with E-state index >= 15 is 0 Å². The van der Waals surface area contributed by atoms with Crippen LogP contribution in [-0.4, -0.2) is 30.8 Å². The summed E-state index contributed by atoms with van der Waals surface area (Å²) in [5, 5.41) is 0.0248. The monoisotopic (exact) mass is 352 g/mol. The fourth-order valence-electron chi connectivity index (χ4n) is 1.95. The van der Waals surface area contributed by atoms with Gasteiger partial charge in [-0.2, -0.15) is 4.31 Å². The Hall–Kier alpha value is -0.170. The molecule has 18 heavy (non-hydrogen) atoms. The maximum absolute atomic E-state index is 12.4. The molecule has 2 heterocycles. The topological polar surface area (TPSA) is 50.3 Å². The zero-order chi connectivity index (χ0) is 13.3. The Bertz CT molecular complexity index is 542. The van der Waals surface area contributed by atoms with Crippen molar-refractivity contribution in [1.82, 2.24) is 9.29 Å². The second kappa shape index (κ2) is 5.45. The van der Waals surface area contributed by atoms with Gasteiger partial charge in [0.25, 0.3) is 0 Å². The number of halogens is 2. The first-order valence-corrected chi connectivity index (χ1v) is 8.33. The molecule has 1 aromatic heterocycles. The summed E-state index contributed by atoms with van der Waals surface area (Å²) < 4.78 is 27.0. The highest BCUT2D eigenvalue weighted by molar-refractivity contribution is 9.10. The first-order chi connectivity index (χ1) is 8.41. The molecule has 0 aromatic carbocycles. The minimum atomic E-state index is -3.53. The fraction of sp³-hybridized carbons (Fsp3) is 0.545. The fourth-order valence-corrected chi connectivity index (χ4v) is 4.34. The Morgan fingerprint density at radius 3 is 2.67 bits per heavy atom. The predicted molar refractivity (Wildman–Crippen MR) is 74.1 cm³/mol. The van der Waals surface area contributed by atoms with Gasteiger partial charge in [-0.1, -0.05) is 18.5 Å². The minimum Gasteiger partial charge on any atom is -0.242 e. The molecule has 0 unspecified atom stereocenters. The molecule has 0 aliphatic carbocycles. The zero-order valence-electron chi connectivity index (χ0n) is 9.94. The lowest BCUT2D eigenvalue weighted by Crippen LogP contribution is -2.38. The molecule has 2 rings (SSSR count). The summed E-state index contributed by atoms with van der Waals surface area (Å²) in [5.74, 6) is 0.576. The zero-order valence-corrected chi connectivity index (χ0v) is 13.1. The van der Waals surface area contributed by atoms with Crippen LogP contribution in [0.4, 0.5) is 0 Å². The Balaban J connectivity index is 2.33. The van der Waals surface area contributed by atoms with E-state index in [1.54, 1.807) is 0 Å². The van der Waals surface area contributed by atoms with E-state index in [2.05, 4.69) is 27.8 Å². The van der Waals surface area contributed by atoms with Gasteiger partial charge in [-0.05, 0) is 40.8 Å². The lowest BCUT2D eigenvalue weighted by atomic mass is 10.0. The highest BCUT2D eigenvalue weighted by Gasteiger charge is 2.30. The molecule has 1 aliphatic heterocycles. The average Bonchev–Trinajstić information content (AvgIpc) is 2.32. The number of rotatable bonds is 2. The molecule has 0 spiro atoms. The van der Waals surface area contributed by atoms with Crippen LogP contribution in [0.25, 0.3) is 0 Å². The van der Waals surface area contributed by atoms with Gasteiger partial charge in [0.2, 0.25) is 10.0 Å². The summed E-state index contributed by atoms with van der Waals surface area (Å²) in [7, 11) is -3.53. The quantitative estimate of drug-likeness (QED) is 0.768. The molecule has 100 valence electrons. The number of nitrogens with zero attached hydrogens (tertiary/aromatic N) is 2. The van der Waals surface area contributed by atoms with Gasteiger partial charge < -0.3 is 0 Å². The third kappa shape index (κ3) is 2.87. The van der Waals surface area contributed by atoms with Gasteiger partial charge in [0, 0.05) is 23.8 Å². The second-order valence-electron chi connectivity index (χ2n) is 4.53. The average molecular weight is 354 g/mol. The summed E-state index contributed by atoms with van der Waals surface area (Å²) in [6.07, 6.45) is 3.26. The molecule has 4 nitrogen and oxygen atoms in total. The van der Waals surface area contributed by atoms with Crippen molar-refractivity contribution in [1.29, 1.82) is 0 Å². The van der Waals surface area contributed by atoms with Crippen LogP contribution in [0.15, 0.2) is 21.6 Å². The molecule has 1 fully saturated rings. The van der Waals surface area contributed by atoms with Gasteiger partial charge in [0.1, 0.15) is 10.0 Å². The van der Waals surface area contributed by atoms with Gasteiger partial charge in [0.15, 0.2) is 0 Å². The maximum atomic E-state index is 12.4. The molecular formula is C11H14BrClN2O2S. The van der Waals surface area contributed by atoms with Crippen LogP contribution in [0, 0.1) is 5.92 Å². The van der Waals surface area contributed by atoms with Gasteiger partial charge in [-0.3, -0.25) is 0 Å². The van der Waals surface area contributed by atoms with Gasteiger partial charge >= 0.3 is 0 Å². The molecule has 1 saturated heterocycles. The molecule has 1 aliphatic rings. The van der Waals surface area contributed by atoms with Crippen molar-refractivity contribution in [2.24, 2.45) is 5.92 Å². The van der Waals surface area contributed by atoms with E-state index in [1.165, 1.54) is 16.6 Å². The molecule has 0 N–H and O–H groups in total. The van der Waals surface area contributed by atoms with Crippen LogP contribution in [0.1, 0.15) is 19.8 Å². The molecule has 0 radical (unpaired) electrons. The number of sulfonamides is 1. The predicted octanol–water partition coefficient (Wildman–Crippen LogP) is 2.92. The number of aromatic nitrogens is 1. The largest absolute Gasteiger partial charge is 0.246 e. The molecule has 7 heteroatoms. The van der Waals surface area contributed by atoms with Crippen molar-refractivity contribution in [3.05, 3.63) is 21.9 Å². The number of piperidine rings is 1. The van der Waals surface area contributed by atoms with E-state index in [9.17, 15) is 8.42 Å². The van der Waals surface area contributed by atoms with Crippen LogP contribution < -0.4 is 0 Å². The van der Waals surface area contributed by atoms with Crippen LogP contribution in [0.5, 0.6) is 0 Å². The Morgan fingerprint density at radius 1 is 1.44 bits per heavy atom.